The van der Waals surface area contributed by atoms with E-state index < -0.39 is 0 Å². The van der Waals surface area contributed by atoms with Crippen LogP contribution in [0.2, 0.25) is 0 Å². The Kier molecular flexibility index (Phi) is 8.15. The van der Waals surface area contributed by atoms with Crippen molar-refractivity contribution in [3.8, 4) is 0 Å². The van der Waals surface area contributed by atoms with Crippen LogP contribution in [0.5, 0.6) is 0 Å². The van der Waals surface area contributed by atoms with Gasteiger partial charge < -0.3 is 20.1 Å². The largest absolute Gasteiger partial charge is 0.385 e. The number of aliphatic imine (C=N–C) groups is 1. The van der Waals surface area contributed by atoms with Crippen LogP contribution in [-0.4, -0.2) is 52.5 Å². The highest BCUT2D eigenvalue weighted by Gasteiger charge is 2.34. The maximum Gasteiger partial charge on any atom is 0.191 e. The molecule has 2 N–H and O–H groups in total. The summed E-state index contributed by atoms with van der Waals surface area (Å²) in [6, 6.07) is 6.83. The van der Waals surface area contributed by atoms with Gasteiger partial charge in [0.2, 0.25) is 0 Å². The Morgan fingerprint density at radius 1 is 1.24 bits per heavy atom. The molecule has 0 bridgehead atoms. The van der Waals surface area contributed by atoms with E-state index in [0.29, 0.717) is 19.8 Å². The minimum Gasteiger partial charge on any atom is -0.385 e. The van der Waals surface area contributed by atoms with Gasteiger partial charge in [-0.3, -0.25) is 4.99 Å². The highest BCUT2D eigenvalue weighted by atomic mass is 19.1. The number of nitrogens with zero attached hydrogens (tertiary/aromatic N) is 1. The second-order valence-corrected chi connectivity index (χ2v) is 6.37. The number of benzene rings is 1. The summed E-state index contributed by atoms with van der Waals surface area (Å²) in [4.78, 5) is 4.81. The van der Waals surface area contributed by atoms with Crippen molar-refractivity contribution >= 4 is 5.96 Å². The first-order chi connectivity index (χ1) is 12.2. The van der Waals surface area contributed by atoms with Gasteiger partial charge >= 0.3 is 0 Å². The molecule has 0 saturated carbocycles. The molecule has 0 atom stereocenters. The molecular formula is C19H30FN3O2. The van der Waals surface area contributed by atoms with E-state index in [1.165, 1.54) is 12.1 Å². The fraction of sp³-hybridized carbons (Fsp3) is 0.632. The third-order valence-electron chi connectivity index (χ3n) is 4.61. The number of halogens is 1. The molecule has 0 unspecified atom stereocenters. The second-order valence-electron chi connectivity index (χ2n) is 6.37. The van der Waals surface area contributed by atoms with E-state index in [9.17, 15) is 4.39 Å². The third-order valence-corrected chi connectivity index (χ3v) is 4.61. The predicted molar refractivity (Wildman–Crippen MR) is 98.6 cm³/mol. The van der Waals surface area contributed by atoms with E-state index in [1.807, 2.05) is 12.1 Å². The first-order valence-electron chi connectivity index (χ1n) is 9.05. The van der Waals surface area contributed by atoms with Gasteiger partial charge in [0.05, 0.1) is 6.54 Å². The Morgan fingerprint density at radius 3 is 2.60 bits per heavy atom. The van der Waals surface area contributed by atoms with Gasteiger partial charge in [0.1, 0.15) is 5.82 Å². The maximum atomic E-state index is 13.3. The standard InChI is InChI=1S/C19H30FN3O2/c1-3-21-18(22-11-4-12-24-2)23-15-19(9-13-25-14-10-19)16-5-7-17(20)8-6-16/h5-8H,3-4,9-15H2,1-2H3,(H2,21,22,23). The molecule has 5 nitrogen and oxygen atoms in total. The molecule has 1 fully saturated rings. The summed E-state index contributed by atoms with van der Waals surface area (Å²) in [5.74, 6) is 0.606. The molecule has 1 saturated heterocycles. The summed E-state index contributed by atoms with van der Waals surface area (Å²) in [6.45, 7) is 6.48. The quantitative estimate of drug-likeness (QED) is 0.429. The van der Waals surface area contributed by atoms with Crippen molar-refractivity contribution in [2.45, 2.75) is 31.6 Å². The first-order valence-corrected chi connectivity index (χ1v) is 9.05. The molecule has 1 aliphatic heterocycles. The molecule has 2 rings (SSSR count). The number of guanidine groups is 1. The van der Waals surface area contributed by atoms with Gasteiger partial charge in [-0.1, -0.05) is 12.1 Å². The molecule has 25 heavy (non-hydrogen) atoms. The van der Waals surface area contributed by atoms with E-state index in [0.717, 1.165) is 50.5 Å². The highest BCUT2D eigenvalue weighted by Crippen LogP contribution is 2.35. The lowest BCUT2D eigenvalue weighted by Gasteiger charge is -2.36. The fourth-order valence-corrected chi connectivity index (χ4v) is 3.10. The molecule has 0 spiro atoms. The van der Waals surface area contributed by atoms with Crippen LogP contribution in [0, 0.1) is 5.82 Å². The number of ether oxygens (including phenoxy) is 2. The van der Waals surface area contributed by atoms with Crippen molar-refractivity contribution < 1.29 is 13.9 Å². The highest BCUT2D eigenvalue weighted by molar-refractivity contribution is 5.79. The average Bonchev–Trinajstić information content (AvgIpc) is 2.64. The number of rotatable bonds is 8. The van der Waals surface area contributed by atoms with E-state index >= 15 is 0 Å². The number of methoxy groups -OCH3 is 1. The molecule has 1 aromatic rings. The topological polar surface area (TPSA) is 54.9 Å². The van der Waals surface area contributed by atoms with Gasteiger partial charge in [-0.05, 0) is 43.9 Å². The Hall–Kier alpha value is -1.66. The molecule has 1 heterocycles. The Balaban J connectivity index is 2.09. The first kappa shape index (κ1) is 19.7. The van der Waals surface area contributed by atoms with E-state index in [2.05, 4.69) is 17.6 Å². The second kappa shape index (κ2) is 10.4. The van der Waals surface area contributed by atoms with Crippen molar-refractivity contribution in [3.63, 3.8) is 0 Å². The van der Waals surface area contributed by atoms with Crippen molar-refractivity contribution in [2.75, 3.05) is 46.6 Å². The van der Waals surface area contributed by atoms with Crippen LogP contribution in [0.15, 0.2) is 29.3 Å². The van der Waals surface area contributed by atoms with Crippen LogP contribution in [0.4, 0.5) is 4.39 Å². The Morgan fingerprint density at radius 2 is 1.96 bits per heavy atom. The van der Waals surface area contributed by atoms with Crippen molar-refractivity contribution in [2.24, 2.45) is 4.99 Å². The minimum absolute atomic E-state index is 0.0964. The van der Waals surface area contributed by atoms with E-state index in [1.54, 1.807) is 7.11 Å². The number of nitrogens with one attached hydrogen (secondary N) is 2. The fourth-order valence-electron chi connectivity index (χ4n) is 3.10. The van der Waals surface area contributed by atoms with Crippen LogP contribution in [0.1, 0.15) is 31.7 Å². The molecule has 0 radical (unpaired) electrons. The lowest BCUT2D eigenvalue weighted by atomic mass is 9.74. The lowest BCUT2D eigenvalue weighted by Crippen LogP contribution is -2.41. The molecule has 1 aromatic carbocycles. The van der Waals surface area contributed by atoms with Crippen LogP contribution in [-0.2, 0) is 14.9 Å². The van der Waals surface area contributed by atoms with Crippen LogP contribution >= 0.6 is 0 Å². The van der Waals surface area contributed by atoms with Gasteiger partial charge in [0.25, 0.3) is 0 Å². The van der Waals surface area contributed by atoms with Crippen molar-refractivity contribution in [3.05, 3.63) is 35.6 Å². The van der Waals surface area contributed by atoms with Crippen LogP contribution < -0.4 is 10.6 Å². The summed E-state index contributed by atoms with van der Waals surface area (Å²) >= 11 is 0. The third kappa shape index (κ3) is 5.97. The summed E-state index contributed by atoms with van der Waals surface area (Å²) in [6.07, 6.45) is 2.72. The average molecular weight is 351 g/mol. The lowest BCUT2D eigenvalue weighted by molar-refractivity contribution is 0.0531. The summed E-state index contributed by atoms with van der Waals surface area (Å²) in [5, 5.41) is 6.62. The molecule has 1 aliphatic rings. The van der Waals surface area contributed by atoms with Crippen LogP contribution in [0.3, 0.4) is 0 Å². The molecule has 0 aliphatic carbocycles. The van der Waals surface area contributed by atoms with Crippen molar-refractivity contribution in [1.29, 1.82) is 0 Å². The number of hydrogen-bond donors (Lipinski definition) is 2. The summed E-state index contributed by atoms with van der Waals surface area (Å²) in [5.41, 5.74) is 1.04. The van der Waals surface area contributed by atoms with Gasteiger partial charge in [-0.2, -0.15) is 0 Å². The Bertz CT molecular complexity index is 528. The Labute approximate surface area is 150 Å². The zero-order chi connectivity index (χ0) is 18.0. The van der Waals surface area contributed by atoms with Gasteiger partial charge in [-0.15, -0.1) is 0 Å². The molecule has 0 amide bonds. The van der Waals surface area contributed by atoms with Gasteiger partial charge in [-0.25, -0.2) is 4.39 Å². The molecule has 0 aromatic heterocycles. The SMILES string of the molecule is CCNC(=NCC1(c2ccc(F)cc2)CCOCC1)NCCCOC. The van der Waals surface area contributed by atoms with Gasteiger partial charge in [0, 0.05) is 45.4 Å². The smallest absolute Gasteiger partial charge is 0.191 e. The number of hydrogen-bond acceptors (Lipinski definition) is 3. The molecule has 6 heteroatoms. The molecule has 140 valence electrons. The minimum atomic E-state index is -0.206. The summed E-state index contributed by atoms with van der Waals surface area (Å²) in [7, 11) is 1.71. The normalized spacial score (nSPS) is 17.3. The zero-order valence-corrected chi connectivity index (χ0v) is 15.3. The summed E-state index contributed by atoms with van der Waals surface area (Å²) < 4.78 is 23.9. The van der Waals surface area contributed by atoms with E-state index in [-0.39, 0.29) is 11.2 Å². The molecular weight excluding hydrogens is 321 g/mol. The van der Waals surface area contributed by atoms with Crippen LogP contribution in [0.25, 0.3) is 0 Å². The van der Waals surface area contributed by atoms with Gasteiger partial charge in [0.15, 0.2) is 5.96 Å². The predicted octanol–water partition coefficient (Wildman–Crippen LogP) is 2.47. The monoisotopic (exact) mass is 351 g/mol. The van der Waals surface area contributed by atoms with E-state index in [4.69, 9.17) is 14.5 Å². The zero-order valence-electron chi connectivity index (χ0n) is 15.3. The van der Waals surface area contributed by atoms with Crippen molar-refractivity contribution in [1.82, 2.24) is 10.6 Å². The maximum absolute atomic E-state index is 13.3.